The van der Waals surface area contributed by atoms with E-state index in [0.717, 1.165) is 0 Å². The standard InChI is InChI=1S/C18H20BrN7O3S/c1-18(2)13(14-22-24-25-23-14)26-16(29)12(17(26)30-18)21-15(28)11(20-10(27)8-19)9-6-4-3-5-7-9/h3-7,11-13,17H,8H2,1-2H3,(H,20,27)(H,21,28)(H,22,23,24,25)/t11?,12?,13?,17-/m1/s1. The maximum Gasteiger partial charge on any atom is 0.249 e. The van der Waals surface area contributed by atoms with Crippen molar-refractivity contribution >= 4 is 45.4 Å². The van der Waals surface area contributed by atoms with E-state index in [4.69, 9.17) is 0 Å². The van der Waals surface area contributed by atoms with Crippen LogP contribution in [0.15, 0.2) is 30.3 Å². The highest BCUT2D eigenvalue weighted by Crippen LogP contribution is 2.56. The van der Waals surface area contributed by atoms with Crippen LogP contribution in [0.5, 0.6) is 0 Å². The number of benzene rings is 1. The molecule has 2 saturated heterocycles. The summed E-state index contributed by atoms with van der Waals surface area (Å²) in [5.74, 6) is -0.446. The lowest BCUT2D eigenvalue weighted by Crippen LogP contribution is -2.68. The number of rotatable bonds is 6. The minimum Gasteiger partial charge on any atom is -0.340 e. The highest BCUT2D eigenvalue weighted by molar-refractivity contribution is 9.09. The largest absolute Gasteiger partial charge is 0.340 e. The minimum atomic E-state index is -0.896. The first kappa shape index (κ1) is 20.8. The van der Waals surface area contributed by atoms with Crippen molar-refractivity contribution in [1.82, 2.24) is 36.2 Å². The molecule has 0 spiro atoms. The number of carbonyl (C=O) groups is 3. The molecule has 3 unspecified atom stereocenters. The Kier molecular flexibility index (Phi) is 5.53. The van der Waals surface area contributed by atoms with Crippen LogP contribution in [0.4, 0.5) is 0 Å². The molecule has 2 fully saturated rings. The summed E-state index contributed by atoms with van der Waals surface area (Å²) in [6.45, 7) is 4.02. The van der Waals surface area contributed by atoms with Crippen LogP contribution in [0.2, 0.25) is 0 Å². The van der Waals surface area contributed by atoms with Crippen molar-refractivity contribution in [3.05, 3.63) is 41.7 Å². The number of fused-ring (bicyclic) bond motifs is 1. The Labute approximate surface area is 185 Å². The molecule has 158 valence electrons. The van der Waals surface area contributed by atoms with Crippen molar-refractivity contribution in [2.24, 2.45) is 0 Å². The van der Waals surface area contributed by atoms with Gasteiger partial charge in [0.15, 0.2) is 5.82 Å². The van der Waals surface area contributed by atoms with Crippen LogP contribution >= 0.6 is 27.7 Å². The molecule has 10 nitrogen and oxygen atoms in total. The van der Waals surface area contributed by atoms with E-state index in [1.54, 1.807) is 40.9 Å². The number of aromatic nitrogens is 4. The van der Waals surface area contributed by atoms with E-state index < -0.39 is 18.0 Å². The topological polar surface area (TPSA) is 133 Å². The van der Waals surface area contributed by atoms with Crippen LogP contribution in [0, 0.1) is 0 Å². The first-order chi connectivity index (χ1) is 14.3. The lowest BCUT2D eigenvalue weighted by molar-refractivity contribution is -0.152. The molecule has 4 rings (SSSR count). The second-order valence-electron chi connectivity index (χ2n) is 7.58. The average molecular weight is 494 g/mol. The smallest absolute Gasteiger partial charge is 0.249 e. The summed E-state index contributed by atoms with van der Waals surface area (Å²) in [5.41, 5.74) is 0.637. The lowest BCUT2D eigenvalue weighted by Gasteiger charge is -2.44. The third-order valence-electron chi connectivity index (χ3n) is 5.18. The van der Waals surface area contributed by atoms with Crippen LogP contribution in [0.3, 0.4) is 0 Å². The van der Waals surface area contributed by atoms with Crippen molar-refractivity contribution in [3.63, 3.8) is 0 Å². The predicted octanol–water partition coefficient (Wildman–Crippen LogP) is 0.672. The van der Waals surface area contributed by atoms with Gasteiger partial charge in [-0.1, -0.05) is 46.3 Å². The molecular weight excluding hydrogens is 474 g/mol. The highest BCUT2D eigenvalue weighted by Gasteiger charge is 2.63. The maximum absolute atomic E-state index is 13.0. The second kappa shape index (κ2) is 7.99. The number of nitrogens with one attached hydrogen (secondary N) is 3. The lowest BCUT2D eigenvalue weighted by atomic mass is 9.95. The zero-order chi connectivity index (χ0) is 21.5. The van der Waals surface area contributed by atoms with Gasteiger partial charge in [-0.05, 0) is 29.8 Å². The SMILES string of the molecule is CC1(C)S[C@@H]2C(NC(=O)C(NC(=O)CBr)c3ccccc3)C(=O)N2C1c1nnn[nH]1. The summed E-state index contributed by atoms with van der Waals surface area (Å²) >= 11 is 4.68. The van der Waals surface area contributed by atoms with Crippen molar-refractivity contribution in [3.8, 4) is 0 Å². The van der Waals surface area contributed by atoms with Crippen LogP contribution in [-0.2, 0) is 14.4 Å². The first-order valence-electron chi connectivity index (χ1n) is 9.27. The van der Waals surface area contributed by atoms with E-state index >= 15 is 0 Å². The van der Waals surface area contributed by atoms with E-state index in [2.05, 4.69) is 47.2 Å². The number of halogens is 1. The fraction of sp³-hybridized carbons (Fsp3) is 0.444. The molecule has 2 aliphatic heterocycles. The van der Waals surface area contributed by atoms with Gasteiger partial charge in [-0.2, -0.15) is 0 Å². The van der Waals surface area contributed by atoms with E-state index in [1.165, 1.54) is 0 Å². The molecular formula is C18H20BrN7O3S. The minimum absolute atomic E-state index is 0.0688. The van der Waals surface area contributed by atoms with Gasteiger partial charge in [0.2, 0.25) is 17.7 Å². The molecule has 1 aromatic heterocycles. The van der Waals surface area contributed by atoms with E-state index in [-0.39, 0.29) is 33.3 Å². The molecule has 3 N–H and O–H groups in total. The van der Waals surface area contributed by atoms with Crippen molar-refractivity contribution < 1.29 is 14.4 Å². The fourth-order valence-corrected chi connectivity index (χ4v) is 5.65. The van der Waals surface area contributed by atoms with Crippen LogP contribution < -0.4 is 10.6 Å². The molecule has 1 aromatic carbocycles. The van der Waals surface area contributed by atoms with Crippen molar-refractivity contribution in [2.45, 2.75) is 42.1 Å². The highest BCUT2D eigenvalue weighted by atomic mass is 79.9. The molecule has 3 heterocycles. The Hall–Kier alpha value is -2.47. The normalized spacial score (nSPS) is 25.2. The summed E-state index contributed by atoms with van der Waals surface area (Å²) in [6, 6.07) is 7.02. The van der Waals surface area contributed by atoms with Gasteiger partial charge in [0.25, 0.3) is 0 Å². The van der Waals surface area contributed by atoms with E-state index in [0.29, 0.717) is 11.4 Å². The number of thioether (sulfide) groups is 1. The number of H-pyrrole nitrogens is 1. The zero-order valence-electron chi connectivity index (χ0n) is 16.2. The Morgan fingerprint density at radius 3 is 2.70 bits per heavy atom. The number of amides is 3. The van der Waals surface area contributed by atoms with Gasteiger partial charge in [0.1, 0.15) is 23.5 Å². The Morgan fingerprint density at radius 1 is 1.33 bits per heavy atom. The number of carbonyl (C=O) groups excluding carboxylic acids is 3. The Bertz CT molecular complexity index is 956. The molecule has 2 aliphatic rings. The summed E-state index contributed by atoms with van der Waals surface area (Å²) in [7, 11) is 0. The molecule has 3 amide bonds. The molecule has 30 heavy (non-hydrogen) atoms. The number of tetrazole rings is 1. The third-order valence-corrected chi connectivity index (χ3v) is 7.26. The molecule has 4 atom stereocenters. The fourth-order valence-electron chi connectivity index (χ4n) is 3.85. The maximum atomic E-state index is 13.0. The third kappa shape index (κ3) is 3.58. The molecule has 0 saturated carbocycles. The van der Waals surface area contributed by atoms with Gasteiger partial charge in [-0.3, -0.25) is 14.4 Å². The second-order valence-corrected chi connectivity index (χ2v) is 9.91. The van der Waals surface area contributed by atoms with Crippen LogP contribution in [0.1, 0.15) is 37.3 Å². The van der Waals surface area contributed by atoms with E-state index in [1.807, 2.05) is 19.9 Å². The van der Waals surface area contributed by atoms with Gasteiger partial charge in [0, 0.05) is 4.75 Å². The van der Waals surface area contributed by atoms with Crippen molar-refractivity contribution in [1.29, 1.82) is 0 Å². The number of hydrogen-bond acceptors (Lipinski definition) is 7. The molecule has 12 heteroatoms. The first-order valence-corrected chi connectivity index (χ1v) is 11.3. The predicted molar refractivity (Wildman–Crippen MR) is 112 cm³/mol. The van der Waals surface area contributed by atoms with Gasteiger partial charge in [-0.25, -0.2) is 5.10 Å². The number of hydrogen-bond donors (Lipinski definition) is 3. The van der Waals surface area contributed by atoms with Gasteiger partial charge in [0.05, 0.1) is 5.33 Å². The van der Waals surface area contributed by atoms with Crippen LogP contribution in [0.25, 0.3) is 0 Å². The summed E-state index contributed by atoms with van der Waals surface area (Å²) in [6.07, 6.45) is 0. The van der Waals surface area contributed by atoms with Gasteiger partial charge < -0.3 is 15.5 Å². The molecule has 2 aromatic rings. The van der Waals surface area contributed by atoms with Crippen molar-refractivity contribution in [2.75, 3.05) is 5.33 Å². The molecule has 0 radical (unpaired) electrons. The summed E-state index contributed by atoms with van der Waals surface area (Å²) in [5, 5.41) is 19.3. The Morgan fingerprint density at radius 2 is 2.07 bits per heavy atom. The van der Waals surface area contributed by atoms with Gasteiger partial charge >= 0.3 is 0 Å². The number of β-lactam (4-membered cyclic amide) rings is 1. The summed E-state index contributed by atoms with van der Waals surface area (Å²) in [4.78, 5) is 39.6. The molecule has 0 aliphatic carbocycles. The van der Waals surface area contributed by atoms with Crippen LogP contribution in [-0.4, -0.2) is 64.7 Å². The number of alkyl halides is 1. The quantitative estimate of drug-likeness (QED) is 0.397. The molecule has 0 bridgehead atoms. The monoisotopic (exact) mass is 493 g/mol. The average Bonchev–Trinajstić information content (AvgIpc) is 3.34. The van der Waals surface area contributed by atoms with E-state index in [9.17, 15) is 14.4 Å². The number of nitrogens with zero attached hydrogens (tertiary/aromatic N) is 4. The zero-order valence-corrected chi connectivity index (χ0v) is 18.6. The Balaban J connectivity index is 1.52. The summed E-state index contributed by atoms with van der Waals surface area (Å²) < 4.78 is -0.343. The number of aromatic amines is 1. The van der Waals surface area contributed by atoms with Gasteiger partial charge in [-0.15, -0.1) is 16.9 Å².